The molecule has 2 rings (SSSR count). The molecule has 2 nitrogen and oxygen atoms in total. The lowest BCUT2D eigenvalue weighted by molar-refractivity contribution is -0.141. The van der Waals surface area contributed by atoms with Crippen molar-refractivity contribution in [2.24, 2.45) is 0 Å². The number of aryl methyl sites for hydroxylation is 1. The maximum absolute atomic E-state index is 12.5. The first-order valence-corrected chi connectivity index (χ1v) is 6.51. The number of carbonyl (C=O) groups excluding carboxylic acids is 1. The van der Waals surface area contributed by atoms with Crippen LogP contribution in [0, 0.1) is 6.92 Å². The van der Waals surface area contributed by atoms with Gasteiger partial charge in [-0.1, -0.05) is 35.3 Å². The summed E-state index contributed by atoms with van der Waals surface area (Å²) < 4.78 is 37.5. The predicted molar refractivity (Wildman–Crippen MR) is 73.9 cm³/mol. The lowest BCUT2D eigenvalue weighted by Crippen LogP contribution is -2.11. The minimum Gasteiger partial charge on any atom is -0.288 e. The molecule has 0 amide bonds. The summed E-state index contributed by atoms with van der Waals surface area (Å²) in [6.45, 7) is 1.71. The van der Waals surface area contributed by atoms with E-state index in [1.165, 1.54) is 6.07 Å². The van der Waals surface area contributed by atoms with Crippen LogP contribution in [0.3, 0.4) is 0 Å². The highest BCUT2D eigenvalue weighted by Crippen LogP contribution is 2.31. The molecule has 0 aliphatic rings. The molecule has 1 aromatic heterocycles. The molecule has 0 radical (unpaired) electrons. The normalized spacial score (nSPS) is 11.5. The van der Waals surface area contributed by atoms with Crippen molar-refractivity contribution < 1.29 is 18.0 Å². The minimum absolute atomic E-state index is 0.128. The Hall–Kier alpha value is -1.59. The van der Waals surface area contributed by atoms with E-state index in [9.17, 15) is 18.0 Å². The van der Waals surface area contributed by atoms with Gasteiger partial charge in [0.1, 0.15) is 10.8 Å². The summed E-state index contributed by atoms with van der Waals surface area (Å²) in [6.07, 6.45) is -4.62. The van der Waals surface area contributed by atoms with Crippen LogP contribution in [0.25, 0.3) is 0 Å². The molecule has 0 bridgehead atoms. The Bertz CT molecular complexity index is 714. The van der Waals surface area contributed by atoms with E-state index >= 15 is 0 Å². The number of ketones is 1. The molecule has 1 aromatic carbocycles. The van der Waals surface area contributed by atoms with E-state index in [4.69, 9.17) is 23.2 Å². The Kier molecular flexibility index (Phi) is 4.25. The molecule has 110 valence electrons. The fourth-order valence-electron chi connectivity index (χ4n) is 1.73. The van der Waals surface area contributed by atoms with Crippen LogP contribution < -0.4 is 0 Å². The molecule has 0 aliphatic heterocycles. The number of benzene rings is 1. The Labute approximate surface area is 128 Å². The standard InChI is InChI=1S/C14H8Cl2F3NO/c1-7-3-2-4-8(11(7)15)12(21)9-5-6-10(14(17,18)19)20-13(9)16/h2-6H,1H3. The van der Waals surface area contributed by atoms with Crippen molar-refractivity contribution in [3.8, 4) is 0 Å². The number of alkyl halides is 3. The van der Waals surface area contributed by atoms with Crippen LogP contribution in [-0.4, -0.2) is 10.8 Å². The summed E-state index contributed by atoms with van der Waals surface area (Å²) in [7, 11) is 0. The minimum atomic E-state index is -4.62. The van der Waals surface area contributed by atoms with Crippen LogP contribution >= 0.6 is 23.2 Å². The highest BCUT2D eigenvalue weighted by molar-refractivity contribution is 6.38. The first kappa shape index (κ1) is 15.8. The van der Waals surface area contributed by atoms with E-state index in [0.29, 0.717) is 11.6 Å². The molecule has 0 saturated heterocycles. The van der Waals surface area contributed by atoms with Crippen molar-refractivity contribution in [2.45, 2.75) is 13.1 Å². The molecule has 0 fully saturated rings. The molecule has 21 heavy (non-hydrogen) atoms. The van der Waals surface area contributed by atoms with Crippen molar-refractivity contribution in [1.82, 2.24) is 4.98 Å². The van der Waals surface area contributed by atoms with E-state index in [1.54, 1.807) is 19.1 Å². The third kappa shape index (κ3) is 3.19. The van der Waals surface area contributed by atoms with E-state index < -0.39 is 22.8 Å². The zero-order valence-electron chi connectivity index (χ0n) is 10.6. The highest BCUT2D eigenvalue weighted by Gasteiger charge is 2.33. The fraction of sp³-hybridized carbons (Fsp3) is 0.143. The lowest BCUT2D eigenvalue weighted by atomic mass is 10.0. The van der Waals surface area contributed by atoms with Gasteiger partial charge >= 0.3 is 6.18 Å². The lowest BCUT2D eigenvalue weighted by Gasteiger charge is -2.10. The molecule has 0 aliphatic carbocycles. The molecule has 0 N–H and O–H groups in total. The Morgan fingerprint density at radius 2 is 1.76 bits per heavy atom. The van der Waals surface area contributed by atoms with Gasteiger partial charge in [-0.2, -0.15) is 13.2 Å². The number of rotatable bonds is 2. The van der Waals surface area contributed by atoms with E-state index in [1.807, 2.05) is 0 Å². The van der Waals surface area contributed by atoms with Gasteiger partial charge in [0.25, 0.3) is 0 Å². The molecule has 0 spiro atoms. The summed E-state index contributed by atoms with van der Waals surface area (Å²) in [6, 6.07) is 6.53. The van der Waals surface area contributed by atoms with Crippen molar-refractivity contribution in [1.29, 1.82) is 0 Å². The number of hydrogen-bond acceptors (Lipinski definition) is 2. The first-order valence-electron chi connectivity index (χ1n) is 5.75. The largest absolute Gasteiger partial charge is 0.433 e. The van der Waals surface area contributed by atoms with E-state index in [-0.39, 0.29) is 16.1 Å². The van der Waals surface area contributed by atoms with Crippen LogP contribution in [0.2, 0.25) is 10.2 Å². The maximum atomic E-state index is 12.5. The highest BCUT2D eigenvalue weighted by atomic mass is 35.5. The summed E-state index contributed by atoms with van der Waals surface area (Å²) >= 11 is 11.7. The third-order valence-corrected chi connectivity index (χ3v) is 3.61. The molecule has 1 heterocycles. The monoisotopic (exact) mass is 333 g/mol. The quantitative estimate of drug-likeness (QED) is 0.575. The molecular formula is C14H8Cl2F3NO. The number of pyridine rings is 1. The molecule has 2 aromatic rings. The number of carbonyl (C=O) groups is 1. The average molecular weight is 334 g/mol. The Morgan fingerprint density at radius 1 is 1.10 bits per heavy atom. The molecule has 0 atom stereocenters. The summed E-state index contributed by atoms with van der Waals surface area (Å²) in [5.41, 5.74) is -0.435. The second-order valence-corrected chi connectivity index (χ2v) is 5.03. The van der Waals surface area contributed by atoms with Gasteiger partial charge in [0.05, 0.1) is 10.6 Å². The number of nitrogens with zero attached hydrogens (tertiary/aromatic N) is 1. The predicted octanol–water partition coefficient (Wildman–Crippen LogP) is 4.95. The van der Waals surface area contributed by atoms with Crippen molar-refractivity contribution in [3.63, 3.8) is 0 Å². The van der Waals surface area contributed by atoms with Gasteiger partial charge in [-0.15, -0.1) is 0 Å². The van der Waals surface area contributed by atoms with Gasteiger partial charge in [0, 0.05) is 5.56 Å². The summed E-state index contributed by atoms with van der Waals surface area (Å²) in [4.78, 5) is 15.5. The topological polar surface area (TPSA) is 30.0 Å². The van der Waals surface area contributed by atoms with Gasteiger partial charge in [0.2, 0.25) is 0 Å². The van der Waals surface area contributed by atoms with Gasteiger partial charge < -0.3 is 0 Å². The molecular weight excluding hydrogens is 326 g/mol. The summed E-state index contributed by atoms with van der Waals surface area (Å²) in [5.74, 6) is -0.574. The molecule has 7 heteroatoms. The van der Waals surface area contributed by atoms with Crippen LogP contribution in [0.5, 0.6) is 0 Å². The van der Waals surface area contributed by atoms with Crippen LogP contribution in [0.1, 0.15) is 27.2 Å². The van der Waals surface area contributed by atoms with Crippen LogP contribution in [-0.2, 0) is 6.18 Å². The van der Waals surface area contributed by atoms with Gasteiger partial charge in [-0.3, -0.25) is 4.79 Å². The SMILES string of the molecule is Cc1cccc(C(=O)c2ccc(C(F)(F)F)nc2Cl)c1Cl. The zero-order valence-corrected chi connectivity index (χ0v) is 12.1. The van der Waals surface area contributed by atoms with Crippen molar-refractivity contribution in [3.05, 3.63) is 62.9 Å². The Morgan fingerprint density at radius 3 is 2.33 bits per heavy atom. The van der Waals surface area contributed by atoms with Gasteiger partial charge in [-0.25, -0.2) is 4.98 Å². The number of hydrogen-bond donors (Lipinski definition) is 0. The maximum Gasteiger partial charge on any atom is 0.433 e. The molecule has 0 unspecified atom stereocenters. The van der Waals surface area contributed by atoms with Crippen molar-refractivity contribution in [2.75, 3.05) is 0 Å². The number of aromatic nitrogens is 1. The summed E-state index contributed by atoms with van der Waals surface area (Å²) in [5, 5.41) is -0.272. The zero-order chi connectivity index (χ0) is 15.8. The van der Waals surface area contributed by atoms with Gasteiger partial charge in [-0.05, 0) is 30.7 Å². The smallest absolute Gasteiger partial charge is 0.288 e. The molecule has 0 saturated carbocycles. The van der Waals surface area contributed by atoms with Crippen LogP contribution in [0.15, 0.2) is 30.3 Å². The Balaban J connectivity index is 2.48. The fourth-order valence-corrected chi connectivity index (χ4v) is 2.18. The number of halogens is 5. The van der Waals surface area contributed by atoms with Crippen molar-refractivity contribution >= 4 is 29.0 Å². The van der Waals surface area contributed by atoms with Crippen LogP contribution in [0.4, 0.5) is 13.2 Å². The first-order chi connectivity index (χ1) is 9.71. The van der Waals surface area contributed by atoms with E-state index in [2.05, 4.69) is 4.98 Å². The second-order valence-electron chi connectivity index (χ2n) is 4.30. The second kappa shape index (κ2) is 5.66. The van der Waals surface area contributed by atoms with Gasteiger partial charge in [0.15, 0.2) is 5.78 Å². The third-order valence-electron chi connectivity index (χ3n) is 2.82. The average Bonchev–Trinajstić information content (AvgIpc) is 2.40. The van der Waals surface area contributed by atoms with E-state index in [0.717, 1.165) is 6.07 Å².